The lowest BCUT2D eigenvalue weighted by Gasteiger charge is -2.10. The Morgan fingerprint density at radius 3 is 2.82 bits per heavy atom. The summed E-state index contributed by atoms with van der Waals surface area (Å²) in [6.45, 7) is 0. The van der Waals surface area contributed by atoms with Crippen molar-refractivity contribution in [1.82, 2.24) is 0 Å². The van der Waals surface area contributed by atoms with E-state index in [2.05, 4.69) is 31.9 Å². The summed E-state index contributed by atoms with van der Waals surface area (Å²) in [5.41, 5.74) is 0.338. The Balaban J connectivity index is 2.87. The van der Waals surface area contributed by atoms with Gasteiger partial charge in [-0.05, 0) is 17.0 Å². The lowest BCUT2D eigenvalue weighted by atomic mass is 10.1. The van der Waals surface area contributed by atoms with Gasteiger partial charge in [0.2, 0.25) is 0 Å². The molecule has 1 aliphatic carbocycles. The van der Waals surface area contributed by atoms with Crippen molar-refractivity contribution >= 4 is 37.8 Å². The molecule has 1 aliphatic rings. The molecule has 0 saturated carbocycles. The molecule has 0 heterocycles. The molecule has 0 saturated heterocycles. The minimum Gasteiger partial charge on any atom is -0.478 e. The van der Waals surface area contributed by atoms with Gasteiger partial charge >= 0.3 is 5.97 Å². The average molecular weight is 282 g/mol. The topological polar surface area (TPSA) is 37.3 Å². The van der Waals surface area contributed by atoms with E-state index in [0.29, 0.717) is 5.57 Å². The van der Waals surface area contributed by atoms with E-state index in [-0.39, 0.29) is 4.83 Å². The number of aliphatic carboxylic acids is 1. The lowest BCUT2D eigenvalue weighted by molar-refractivity contribution is -0.132. The van der Waals surface area contributed by atoms with Gasteiger partial charge in [-0.25, -0.2) is 4.79 Å². The smallest absolute Gasteiger partial charge is 0.335 e. The van der Waals surface area contributed by atoms with Gasteiger partial charge in [-0.2, -0.15) is 0 Å². The van der Waals surface area contributed by atoms with Crippen LogP contribution >= 0.6 is 31.9 Å². The summed E-state index contributed by atoms with van der Waals surface area (Å²) >= 11 is 6.59. The first-order valence-corrected chi connectivity index (χ1v) is 4.75. The standard InChI is InChI=1S/C7H6Br2O2/c8-5-1-4(7(10)11)2-6(9)3-5/h1-2,5H,3H2,(H,10,11). The summed E-state index contributed by atoms with van der Waals surface area (Å²) in [7, 11) is 0. The van der Waals surface area contributed by atoms with Crippen LogP contribution in [0.15, 0.2) is 22.2 Å². The molecule has 0 bridgehead atoms. The van der Waals surface area contributed by atoms with E-state index in [4.69, 9.17) is 5.11 Å². The molecule has 4 heteroatoms. The van der Waals surface area contributed by atoms with Crippen LogP contribution in [0.4, 0.5) is 0 Å². The molecule has 60 valence electrons. The van der Waals surface area contributed by atoms with Crippen LogP contribution in [0.25, 0.3) is 0 Å². The number of hydrogen-bond acceptors (Lipinski definition) is 1. The van der Waals surface area contributed by atoms with E-state index in [1.54, 1.807) is 12.2 Å². The van der Waals surface area contributed by atoms with E-state index in [9.17, 15) is 4.79 Å². The quantitative estimate of drug-likeness (QED) is 0.750. The fourth-order valence-electron chi connectivity index (χ4n) is 0.849. The van der Waals surface area contributed by atoms with E-state index < -0.39 is 5.97 Å². The van der Waals surface area contributed by atoms with Gasteiger partial charge in [-0.3, -0.25) is 0 Å². The molecule has 1 rings (SSSR count). The van der Waals surface area contributed by atoms with Gasteiger partial charge < -0.3 is 5.11 Å². The zero-order chi connectivity index (χ0) is 8.43. The Bertz CT molecular complexity index is 243. The van der Waals surface area contributed by atoms with Gasteiger partial charge in [0.1, 0.15) is 0 Å². The maximum absolute atomic E-state index is 10.5. The predicted octanol–water partition coefficient (Wildman–Crippen LogP) is 2.44. The number of rotatable bonds is 1. The molecule has 11 heavy (non-hydrogen) atoms. The van der Waals surface area contributed by atoms with Gasteiger partial charge in [-0.15, -0.1) is 0 Å². The first-order valence-electron chi connectivity index (χ1n) is 3.05. The molecule has 0 aliphatic heterocycles. The number of alkyl halides is 1. The summed E-state index contributed by atoms with van der Waals surface area (Å²) in [5, 5.41) is 8.62. The van der Waals surface area contributed by atoms with Crippen LogP contribution < -0.4 is 0 Å². The van der Waals surface area contributed by atoms with E-state index in [1.165, 1.54) is 0 Å². The second kappa shape index (κ2) is 3.54. The molecular weight excluding hydrogens is 276 g/mol. The third kappa shape index (κ3) is 2.45. The maximum Gasteiger partial charge on any atom is 0.335 e. The van der Waals surface area contributed by atoms with Gasteiger partial charge in [0.25, 0.3) is 0 Å². The predicted molar refractivity (Wildman–Crippen MR) is 50.1 cm³/mol. The van der Waals surface area contributed by atoms with Gasteiger partial charge in [0, 0.05) is 4.83 Å². The number of halogens is 2. The van der Waals surface area contributed by atoms with E-state index in [1.807, 2.05) is 0 Å². The molecule has 0 fully saturated rings. The van der Waals surface area contributed by atoms with Crippen LogP contribution in [0.2, 0.25) is 0 Å². The Kier molecular flexibility index (Phi) is 2.90. The minimum atomic E-state index is -0.883. The van der Waals surface area contributed by atoms with Crippen molar-refractivity contribution in [2.75, 3.05) is 0 Å². The molecule has 0 aromatic heterocycles. The van der Waals surface area contributed by atoms with Crippen molar-refractivity contribution in [2.24, 2.45) is 0 Å². The lowest BCUT2D eigenvalue weighted by Crippen LogP contribution is -2.07. The summed E-state index contributed by atoms with van der Waals surface area (Å²) < 4.78 is 0.916. The van der Waals surface area contributed by atoms with Gasteiger partial charge in [-0.1, -0.05) is 37.9 Å². The maximum atomic E-state index is 10.5. The molecule has 0 radical (unpaired) electrons. The molecule has 1 N–H and O–H groups in total. The molecule has 0 spiro atoms. The fourth-order valence-corrected chi connectivity index (χ4v) is 2.51. The third-order valence-corrected chi connectivity index (χ3v) is 2.45. The third-order valence-electron chi connectivity index (χ3n) is 1.31. The first-order chi connectivity index (χ1) is 5.09. The van der Waals surface area contributed by atoms with Crippen molar-refractivity contribution < 1.29 is 9.90 Å². The van der Waals surface area contributed by atoms with Crippen LogP contribution in [0.3, 0.4) is 0 Å². The Labute approximate surface area is 81.2 Å². The number of carboxylic acid groups (broad SMARTS) is 1. The number of carboxylic acids is 1. The van der Waals surface area contributed by atoms with Crippen molar-refractivity contribution in [2.45, 2.75) is 11.2 Å². The average Bonchev–Trinajstić information content (AvgIpc) is 1.85. The van der Waals surface area contributed by atoms with Crippen LogP contribution in [0.1, 0.15) is 6.42 Å². The largest absolute Gasteiger partial charge is 0.478 e. The molecule has 2 nitrogen and oxygen atoms in total. The van der Waals surface area contributed by atoms with Crippen LogP contribution in [0, 0.1) is 0 Å². The van der Waals surface area contributed by atoms with Crippen molar-refractivity contribution in [1.29, 1.82) is 0 Å². The highest BCUT2D eigenvalue weighted by molar-refractivity contribution is 9.12. The molecule has 0 aromatic carbocycles. The number of allylic oxidation sites excluding steroid dienone is 2. The SMILES string of the molecule is O=C(O)C1=CC(Br)CC(Br)=C1. The van der Waals surface area contributed by atoms with Crippen LogP contribution in [-0.2, 0) is 4.79 Å². The zero-order valence-electron chi connectivity index (χ0n) is 5.55. The van der Waals surface area contributed by atoms with Crippen molar-refractivity contribution in [3.8, 4) is 0 Å². The second-order valence-corrected chi connectivity index (χ2v) is 4.43. The Morgan fingerprint density at radius 2 is 2.36 bits per heavy atom. The summed E-state index contributed by atoms with van der Waals surface area (Å²) in [4.78, 5) is 10.6. The summed E-state index contributed by atoms with van der Waals surface area (Å²) in [5.74, 6) is -0.883. The minimum absolute atomic E-state index is 0.132. The highest BCUT2D eigenvalue weighted by Crippen LogP contribution is 2.26. The van der Waals surface area contributed by atoms with Crippen LogP contribution in [-0.4, -0.2) is 15.9 Å². The van der Waals surface area contributed by atoms with E-state index >= 15 is 0 Å². The molecule has 0 amide bonds. The number of hydrogen-bond donors (Lipinski definition) is 1. The van der Waals surface area contributed by atoms with Gasteiger partial charge in [0.05, 0.1) is 5.57 Å². The zero-order valence-corrected chi connectivity index (χ0v) is 8.72. The highest BCUT2D eigenvalue weighted by Gasteiger charge is 2.14. The molecule has 0 aromatic rings. The van der Waals surface area contributed by atoms with Crippen LogP contribution in [0.5, 0.6) is 0 Å². The van der Waals surface area contributed by atoms with Crippen molar-refractivity contribution in [3.63, 3.8) is 0 Å². The summed E-state index contributed by atoms with van der Waals surface area (Å²) in [6, 6.07) is 0. The Hall–Kier alpha value is -0.0900. The molecular formula is C7H6Br2O2. The molecule has 1 atom stereocenters. The summed E-state index contributed by atoms with van der Waals surface area (Å²) in [6.07, 6.45) is 4.13. The van der Waals surface area contributed by atoms with Crippen molar-refractivity contribution in [3.05, 3.63) is 22.2 Å². The van der Waals surface area contributed by atoms with Gasteiger partial charge in [0.15, 0.2) is 0 Å². The first kappa shape index (κ1) is 9.00. The molecule has 1 unspecified atom stereocenters. The Morgan fingerprint density at radius 1 is 1.73 bits per heavy atom. The normalized spacial score (nSPS) is 24.0. The van der Waals surface area contributed by atoms with E-state index in [0.717, 1.165) is 10.9 Å². The second-order valence-electron chi connectivity index (χ2n) is 2.24. The fraction of sp³-hybridized carbons (Fsp3) is 0.286. The number of carbonyl (C=O) groups is 1. The highest BCUT2D eigenvalue weighted by atomic mass is 79.9. The monoisotopic (exact) mass is 280 g/mol.